The van der Waals surface area contributed by atoms with Crippen LogP contribution in [-0.2, 0) is 6.54 Å². The summed E-state index contributed by atoms with van der Waals surface area (Å²) >= 11 is 4.79. The van der Waals surface area contributed by atoms with Crippen molar-refractivity contribution in [1.29, 1.82) is 0 Å². The highest BCUT2D eigenvalue weighted by atomic mass is 79.9. The Labute approximate surface area is 106 Å². The number of thiophene rings is 1. The fourth-order valence-electron chi connectivity index (χ4n) is 1.27. The largest absolute Gasteiger partial charge is 0.444 e. The van der Waals surface area contributed by atoms with E-state index in [-0.39, 0.29) is 5.91 Å². The first-order chi connectivity index (χ1) is 7.66. The van der Waals surface area contributed by atoms with Crippen LogP contribution in [0.4, 0.5) is 0 Å². The van der Waals surface area contributed by atoms with Crippen LogP contribution in [-0.4, -0.2) is 5.91 Å². The molecule has 0 aliphatic rings. The van der Waals surface area contributed by atoms with Crippen molar-refractivity contribution in [3.05, 3.63) is 44.4 Å². The van der Waals surface area contributed by atoms with Gasteiger partial charge in [-0.2, -0.15) is 0 Å². The molecule has 0 spiro atoms. The summed E-state index contributed by atoms with van der Waals surface area (Å²) in [5, 5.41) is 4.83. The van der Waals surface area contributed by atoms with Crippen LogP contribution in [0, 0.1) is 6.92 Å². The number of hydrogen-bond donors (Lipinski definition) is 1. The van der Waals surface area contributed by atoms with Crippen molar-refractivity contribution in [3.8, 4) is 0 Å². The number of nitrogens with one attached hydrogen (secondary N) is 1. The predicted molar refractivity (Wildman–Crippen MR) is 66.6 cm³/mol. The molecule has 2 heterocycles. The number of rotatable bonds is 3. The van der Waals surface area contributed by atoms with E-state index in [4.69, 9.17) is 4.42 Å². The smallest absolute Gasteiger partial charge is 0.287 e. The molecule has 0 fully saturated rings. The molecule has 1 amide bonds. The first-order valence-corrected chi connectivity index (χ1v) is 6.40. The van der Waals surface area contributed by atoms with Gasteiger partial charge in [-0.15, -0.1) is 11.3 Å². The topological polar surface area (TPSA) is 42.2 Å². The van der Waals surface area contributed by atoms with Crippen LogP contribution in [0.3, 0.4) is 0 Å². The van der Waals surface area contributed by atoms with Crippen molar-refractivity contribution >= 4 is 33.2 Å². The molecule has 0 bridgehead atoms. The summed E-state index contributed by atoms with van der Waals surface area (Å²) in [6.07, 6.45) is 0. The second-order valence-corrected chi connectivity index (χ2v) is 5.10. The van der Waals surface area contributed by atoms with Gasteiger partial charge < -0.3 is 9.73 Å². The molecule has 0 saturated carbocycles. The molecule has 2 aromatic heterocycles. The number of halogens is 1. The van der Waals surface area contributed by atoms with E-state index < -0.39 is 0 Å². The van der Waals surface area contributed by atoms with Crippen molar-refractivity contribution < 1.29 is 9.21 Å². The molecule has 0 aliphatic carbocycles. The van der Waals surface area contributed by atoms with Crippen molar-refractivity contribution in [1.82, 2.24) is 5.32 Å². The molecular formula is C11H10BrNO2S. The average Bonchev–Trinajstić information content (AvgIpc) is 2.84. The minimum absolute atomic E-state index is 0.196. The van der Waals surface area contributed by atoms with Gasteiger partial charge in [-0.05, 0) is 52.0 Å². The van der Waals surface area contributed by atoms with Gasteiger partial charge in [0.2, 0.25) is 0 Å². The van der Waals surface area contributed by atoms with E-state index in [0.29, 0.717) is 17.0 Å². The monoisotopic (exact) mass is 299 g/mol. The van der Waals surface area contributed by atoms with Gasteiger partial charge in [-0.3, -0.25) is 4.79 Å². The highest BCUT2D eigenvalue weighted by Gasteiger charge is 2.10. The summed E-state index contributed by atoms with van der Waals surface area (Å²) < 4.78 is 5.71. The number of aryl methyl sites for hydroxylation is 1. The standard InChI is InChI=1S/C11H10BrNO2S/c1-7-4-5-16-9(7)6-13-11(14)8-2-3-10(12)15-8/h2-5H,6H2,1H3,(H,13,14). The molecule has 0 radical (unpaired) electrons. The molecule has 84 valence electrons. The van der Waals surface area contributed by atoms with Crippen LogP contribution in [0.1, 0.15) is 21.0 Å². The van der Waals surface area contributed by atoms with Crippen molar-refractivity contribution in [3.63, 3.8) is 0 Å². The SMILES string of the molecule is Cc1ccsc1CNC(=O)c1ccc(Br)o1. The summed E-state index contributed by atoms with van der Waals surface area (Å²) in [6, 6.07) is 5.38. The lowest BCUT2D eigenvalue weighted by Crippen LogP contribution is -2.22. The Morgan fingerprint density at radius 2 is 2.31 bits per heavy atom. The number of carbonyl (C=O) groups is 1. The fourth-order valence-corrected chi connectivity index (χ4v) is 2.42. The molecule has 0 unspecified atom stereocenters. The third-order valence-electron chi connectivity index (χ3n) is 2.17. The molecular weight excluding hydrogens is 290 g/mol. The number of amides is 1. The highest BCUT2D eigenvalue weighted by molar-refractivity contribution is 9.10. The van der Waals surface area contributed by atoms with Crippen LogP contribution in [0.5, 0.6) is 0 Å². The zero-order valence-electron chi connectivity index (χ0n) is 8.62. The summed E-state index contributed by atoms with van der Waals surface area (Å²) in [7, 11) is 0. The molecule has 16 heavy (non-hydrogen) atoms. The number of furan rings is 1. The number of hydrogen-bond acceptors (Lipinski definition) is 3. The van der Waals surface area contributed by atoms with Crippen molar-refractivity contribution in [2.24, 2.45) is 0 Å². The van der Waals surface area contributed by atoms with Gasteiger partial charge in [0.1, 0.15) is 0 Å². The zero-order chi connectivity index (χ0) is 11.5. The van der Waals surface area contributed by atoms with E-state index in [1.54, 1.807) is 23.5 Å². The lowest BCUT2D eigenvalue weighted by molar-refractivity contribution is 0.0922. The van der Waals surface area contributed by atoms with Gasteiger partial charge in [-0.1, -0.05) is 0 Å². The molecule has 2 aromatic rings. The quantitative estimate of drug-likeness (QED) is 0.944. The zero-order valence-corrected chi connectivity index (χ0v) is 11.0. The Morgan fingerprint density at radius 3 is 2.88 bits per heavy atom. The lowest BCUT2D eigenvalue weighted by atomic mass is 10.3. The number of carbonyl (C=O) groups excluding carboxylic acids is 1. The molecule has 2 rings (SSSR count). The maximum absolute atomic E-state index is 11.6. The molecule has 5 heteroatoms. The van der Waals surface area contributed by atoms with Gasteiger partial charge in [0.25, 0.3) is 5.91 Å². The van der Waals surface area contributed by atoms with Crippen molar-refractivity contribution in [2.75, 3.05) is 0 Å². The summed E-state index contributed by atoms with van der Waals surface area (Å²) in [6.45, 7) is 2.57. The normalized spacial score (nSPS) is 10.4. The molecule has 0 saturated heterocycles. The highest BCUT2D eigenvalue weighted by Crippen LogP contribution is 2.16. The van der Waals surface area contributed by atoms with E-state index >= 15 is 0 Å². The Hall–Kier alpha value is -1.07. The minimum atomic E-state index is -0.196. The third kappa shape index (κ3) is 2.54. The maximum Gasteiger partial charge on any atom is 0.287 e. The first-order valence-electron chi connectivity index (χ1n) is 4.73. The maximum atomic E-state index is 11.6. The second kappa shape index (κ2) is 4.84. The molecule has 0 atom stereocenters. The predicted octanol–water partition coefficient (Wildman–Crippen LogP) is 3.34. The van der Waals surface area contributed by atoms with E-state index in [2.05, 4.69) is 21.2 Å². The first kappa shape index (κ1) is 11.4. The third-order valence-corrected chi connectivity index (χ3v) is 3.62. The van der Waals surface area contributed by atoms with Gasteiger partial charge >= 0.3 is 0 Å². The lowest BCUT2D eigenvalue weighted by Gasteiger charge is -2.01. The molecule has 3 nitrogen and oxygen atoms in total. The Morgan fingerprint density at radius 1 is 1.50 bits per heavy atom. The van der Waals surface area contributed by atoms with Crippen LogP contribution in [0.15, 0.2) is 32.7 Å². The molecule has 0 aromatic carbocycles. The van der Waals surface area contributed by atoms with Crippen LogP contribution in [0.25, 0.3) is 0 Å². The summed E-state index contributed by atoms with van der Waals surface area (Å²) in [5.74, 6) is 0.125. The van der Waals surface area contributed by atoms with E-state index in [0.717, 1.165) is 0 Å². The molecule has 1 N–H and O–H groups in total. The Bertz CT molecular complexity index is 504. The van der Waals surface area contributed by atoms with Gasteiger partial charge in [0.15, 0.2) is 10.4 Å². The van der Waals surface area contributed by atoms with E-state index in [1.807, 2.05) is 18.4 Å². The minimum Gasteiger partial charge on any atom is -0.444 e. The summed E-state index contributed by atoms with van der Waals surface area (Å²) in [5.41, 5.74) is 1.20. The van der Waals surface area contributed by atoms with Gasteiger partial charge in [-0.25, -0.2) is 0 Å². The van der Waals surface area contributed by atoms with Gasteiger partial charge in [0.05, 0.1) is 6.54 Å². The van der Waals surface area contributed by atoms with E-state index in [9.17, 15) is 4.79 Å². The molecule has 0 aliphatic heterocycles. The summed E-state index contributed by atoms with van der Waals surface area (Å²) in [4.78, 5) is 12.8. The average molecular weight is 300 g/mol. The van der Waals surface area contributed by atoms with E-state index in [1.165, 1.54) is 10.4 Å². The van der Waals surface area contributed by atoms with Gasteiger partial charge in [0, 0.05) is 4.88 Å². The van der Waals surface area contributed by atoms with Crippen molar-refractivity contribution in [2.45, 2.75) is 13.5 Å². The van der Waals surface area contributed by atoms with Crippen LogP contribution >= 0.6 is 27.3 Å². The Kier molecular flexibility index (Phi) is 3.46. The van der Waals surface area contributed by atoms with Crippen LogP contribution in [0.2, 0.25) is 0 Å². The Balaban J connectivity index is 1.96. The van der Waals surface area contributed by atoms with Crippen LogP contribution < -0.4 is 5.32 Å². The second-order valence-electron chi connectivity index (χ2n) is 3.31. The fraction of sp³-hybridized carbons (Fsp3) is 0.182.